The Kier molecular flexibility index (Phi) is 3.70. The number of benzene rings is 1. The number of hydrogen-bond donors (Lipinski definition) is 0. The highest BCUT2D eigenvalue weighted by Crippen LogP contribution is 2.44. The molecule has 1 aromatic carbocycles. The normalized spacial score (nSPS) is 26.1. The van der Waals surface area contributed by atoms with Gasteiger partial charge in [0.1, 0.15) is 0 Å². The Morgan fingerprint density at radius 3 is 2.75 bits per heavy atom. The van der Waals surface area contributed by atoms with Gasteiger partial charge in [-0.15, -0.1) is 0 Å². The first kappa shape index (κ1) is 15.7. The first-order chi connectivity index (χ1) is 11.4. The maximum absolute atomic E-state index is 12.9. The summed E-state index contributed by atoms with van der Waals surface area (Å²) in [4.78, 5) is 12.9. The number of likely N-dealkylation sites (tertiary alicyclic amines) is 1. The molecule has 1 saturated heterocycles. The Morgan fingerprint density at radius 1 is 1.21 bits per heavy atom. The van der Waals surface area contributed by atoms with E-state index < -0.39 is 12.1 Å². The van der Waals surface area contributed by atoms with Crippen LogP contribution in [-0.2, 0) is 11.2 Å². The summed E-state index contributed by atoms with van der Waals surface area (Å²) in [6, 6.07) is 5.97. The number of carbonyl (C=O) groups excluding carboxylic acids is 1. The molecule has 1 fully saturated rings. The average Bonchev–Trinajstić information content (AvgIpc) is 3.20. The molecular weight excluding hydrogens is 315 g/mol. The van der Waals surface area contributed by atoms with Crippen molar-refractivity contribution in [3.8, 4) is 0 Å². The van der Waals surface area contributed by atoms with E-state index >= 15 is 0 Å². The van der Waals surface area contributed by atoms with E-state index in [1.165, 1.54) is 17.6 Å². The van der Waals surface area contributed by atoms with Crippen LogP contribution in [0.4, 0.5) is 13.2 Å². The van der Waals surface area contributed by atoms with Crippen LogP contribution in [0.25, 0.3) is 5.57 Å². The van der Waals surface area contributed by atoms with Gasteiger partial charge in [0, 0.05) is 18.5 Å². The molecule has 0 saturated carbocycles. The van der Waals surface area contributed by atoms with E-state index in [0.29, 0.717) is 12.8 Å². The molecule has 3 aliphatic rings. The molecular formula is C19H20F3NO. The number of halogens is 3. The van der Waals surface area contributed by atoms with Gasteiger partial charge in [-0.3, -0.25) is 4.79 Å². The van der Waals surface area contributed by atoms with Gasteiger partial charge in [0.05, 0.1) is 0 Å². The maximum atomic E-state index is 12.9. The lowest BCUT2D eigenvalue weighted by Crippen LogP contribution is -2.51. The molecule has 0 unspecified atom stereocenters. The number of rotatable bonds is 1. The summed E-state index contributed by atoms with van der Waals surface area (Å²) in [5, 5.41) is 0. The molecule has 4 rings (SSSR count). The number of carbonyl (C=O) groups is 1. The molecule has 2 atom stereocenters. The van der Waals surface area contributed by atoms with Crippen LogP contribution in [0.5, 0.6) is 0 Å². The minimum Gasteiger partial charge on any atom is -0.331 e. The monoisotopic (exact) mass is 335 g/mol. The van der Waals surface area contributed by atoms with Crippen LogP contribution in [0.2, 0.25) is 0 Å². The third-order valence-corrected chi connectivity index (χ3v) is 5.67. The van der Waals surface area contributed by atoms with Crippen molar-refractivity contribution in [3.05, 3.63) is 41.0 Å². The summed E-state index contributed by atoms with van der Waals surface area (Å²) < 4.78 is 38.7. The molecule has 24 heavy (non-hydrogen) atoms. The predicted molar refractivity (Wildman–Crippen MR) is 85.5 cm³/mol. The molecule has 1 heterocycles. The largest absolute Gasteiger partial charge is 0.471 e. The molecule has 128 valence electrons. The topological polar surface area (TPSA) is 20.3 Å². The highest BCUT2D eigenvalue weighted by atomic mass is 19.4. The number of hydrogen-bond acceptors (Lipinski definition) is 1. The summed E-state index contributed by atoms with van der Waals surface area (Å²) in [6.45, 7) is 0.214. The molecule has 1 aliphatic heterocycles. The smallest absolute Gasteiger partial charge is 0.331 e. The van der Waals surface area contributed by atoms with E-state index in [1.54, 1.807) is 0 Å². The quantitative estimate of drug-likeness (QED) is 0.743. The van der Waals surface area contributed by atoms with Crippen LogP contribution >= 0.6 is 0 Å². The van der Waals surface area contributed by atoms with Crippen molar-refractivity contribution in [2.45, 2.75) is 56.7 Å². The van der Waals surface area contributed by atoms with E-state index in [4.69, 9.17) is 0 Å². The van der Waals surface area contributed by atoms with Gasteiger partial charge >= 0.3 is 12.1 Å². The Labute approximate surface area is 139 Å². The molecule has 0 spiro atoms. The van der Waals surface area contributed by atoms with Crippen molar-refractivity contribution in [1.82, 2.24) is 4.90 Å². The number of alkyl halides is 3. The van der Waals surface area contributed by atoms with Gasteiger partial charge in [-0.25, -0.2) is 0 Å². The van der Waals surface area contributed by atoms with Gasteiger partial charge in [0.2, 0.25) is 0 Å². The second-order valence-electron chi connectivity index (χ2n) is 7.05. The van der Waals surface area contributed by atoms with Crippen LogP contribution in [0.15, 0.2) is 24.3 Å². The van der Waals surface area contributed by atoms with Gasteiger partial charge in [0.15, 0.2) is 0 Å². The Hall–Kier alpha value is -1.78. The minimum atomic E-state index is -4.78. The molecule has 2 nitrogen and oxygen atoms in total. The zero-order chi connectivity index (χ0) is 16.9. The third-order valence-electron chi connectivity index (χ3n) is 5.67. The van der Waals surface area contributed by atoms with Crippen LogP contribution in [0.1, 0.15) is 54.7 Å². The molecule has 1 aromatic rings. The van der Waals surface area contributed by atoms with Crippen LogP contribution in [0, 0.1) is 0 Å². The number of amides is 1. The summed E-state index contributed by atoms with van der Waals surface area (Å²) in [5.41, 5.74) is 4.81. The standard InChI is InChI=1S/C19H20F3NO/c20-19(21,22)18(24)23-9-3-6-15-16-10-13(12-4-1-2-5-12)7-8-14(16)11-17(15)23/h4,7-8,10,15,17H,1-3,5-6,9,11H2/t15-,17+/m0/s1. The number of allylic oxidation sites excluding steroid dienone is 2. The van der Waals surface area contributed by atoms with Crippen molar-refractivity contribution in [3.63, 3.8) is 0 Å². The zero-order valence-corrected chi connectivity index (χ0v) is 13.4. The fourth-order valence-electron chi connectivity index (χ4n) is 4.57. The second-order valence-corrected chi connectivity index (χ2v) is 7.05. The molecule has 0 aromatic heterocycles. The fourth-order valence-corrected chi connectivity index (χ4v) is 4.57. The van der Waals surface area contributed by atoms with Crippen LogP contribution < -0.4 is 0 Å². The molecule has 0 N–H and O–H groups in total. The first-order valence-electron chi connectivity index (χ1n) is 8.65. The zero-order valence-electron chi connectivity index (χ0n) is 13.4. The molecule has 5 heteroatoms. The third kappa shape index (κ3) is 2.54. The van der Waals surface area contributed by atoms with Gasteiger partial charge in [0.25, 0.3) is 0 Å². The van der Waals surface area contributed by atoms with E-state index in [2.05, 4.69) is 24.3 Å². The highest BCUT2D eigenvalue weighted by molar-refractivity contribution is 5.82. The van der Waals surface area contributed by atoms with Crippen molar-refractivity contribution in [2.75, 3.05) is 6.54 Å². The number of nitrogens with zero attached hydrogens (tertiary/aromatic N) is 1. The summed E-state index contributed by atoms with van der Waals surface area (Å²) >= 11 is 0. The SMILES string of the molecule is O=C(N1CCC[C@H]2c3cc(C4=CCCC4)ccc3C[C@H]21)C(F)(F)F. The van der Waals surface area contributed by atoms with Crippen molar-refractivity contribution in [2.24, 2.45) is 0 Å². The molecule has 1 amide bonds. The summed E-state index contributed by atoms with van der Waals surface area (Å²) in [5.74, 6) is -1.63. The lowest BCUT2D eigenvalue weighted by molar-refractivity contribution is -0.189. The van der Waals surface area contributed by atoms with Gasteiger partial charge < -0.3 is 4.90 Å². The Balaban J connectivity index is 1.64. The Bertz CT molecular complexity index is 707. The lowest BCUT2D eigenvalue weighted by Gasteiger charge is -2.38. The number of fused-ring (bicyclic) bond motifs is 3. The second kappa shape index (κ2) is 5.64. The number of piperidine rings is 1. The van der Waals surface area contributed by atoms with Crippen molar-refractivity contribution >= 4 is 11.5 Å². The van der Waals surface area contributed by atoms with Crippen LogP contribution in [0.3, 0.4) is 0 Å². The maximum Gasteiger partial charge on any atom is 0.471 e. The molecule has 0 bridgehead atoms. The molecule has 0 radical (unpaired) electrons. The fraction of sp³-hybridized carbons (Fsp3) is 0.526. The first-order valence-corrected chi connectivity index (χ1v) is 8.65. The van der Waals surface area contributed by atoms with E-state index in [1.807, 2.05) is 0 Å². The van der Waals surface area contributed by atoms with E-state index in [9.17, 15) is 18.0 Å². The van der Waals surface area contributed by atoms with Gasteiger partial charge in [-0.05, 0) is 60.8 Å². The van der Waals surface area contributed by atoms with E-state index in [0.717, 1.165) is 35.3 Å². The van der Waals surface area contributed by atoms with Gasteiger partial charge in [-0.1, -0.05) is 24.3 Å². The Morgan fingerprint density at radius 2 is 2.04 bits per heavy atom. The molecule has 2 aliphatic carbocycles. The minimum absolute atomic E-state index is 0.0435. The van der Waals surface area contributed by atoms with Crippen LogP contribution in [-0.4, -0.2) is 29.6 Å². The lowest BCUT2D eigenvalue weighted by atomic mass is 9.87. The van der Waals surface area contributed by atoms with E-state index in [-0.39, 0.29) is 18.5 Å². The summed E-state index contributed by atoms with van der Waals surface area (Å²) in [6.07, 6.45) is 2.87. The summed E-state index contributed by atoms with van der Waals surface area (Å²) in [7, 11) is 0. The average molecular weight is 335 g/mol. The highest BCUT2D eigenvalue weighted by Gasteiger charge is 2.49. The van der Waals surface area contributed by atoms with Crippen molar-refractivity contribution in [1.29, 1.82) is 0 Å². The predicted octanol–water partition coefficient (Wildman–Crippen LogP) is 4.45. The van der Waals surface area contributed by atoms with Gasteiger partial charge in [-0.2, -0.15) is 13.2 Å². The van der Waals surface area contributed by atoms with Crippen molar-refractivity contribution < 1.29 is 18.0 Å².